The number of carbonyl (C=O) groups excluding carboxylic acids is 3. The molecular formula is C63H114O16P2. The molecule has 0 aromatic carbocycles. The van der Waals surface area contributed by atoms with Crippen molar-refractivity contribution in [3.8, 4) is 0 Å². The lowest BCUT2D eigenvalue weighted by atomic mass is 10.1. The van der Waals surface area contributed by atoms with Gasteiger partial charge in [-0.05, 0) is 83.5 Å². The van der Waals surface area contributed by atoms with Crippen LogP contribution in [0.15, 0.2) is 60.8 Å². The first-order valence-corrected chi connectivity index (χ1v) is 34.6. The summed E-state index contributed by atoms with van der Waals surface area (Å²) < 4.78 is 60.6. The van der Waals surface area contributed by atoms with Crippen molar-refractivity contribution in [1.82, 2.24) is 0 Å². The van der Waals surface area contributed by atoms with Gasteiger partial charge in [-0.3, -0.25) is 32.5 Å². The van der Waals surface area contributed by atoms with Crippen LogP contribution in [0.3, 0.4) is 0 Å². The molecule has 4 N–H and O–H groups in total. The maximum atomic E-state index is 12.8. The molecule has 0 fully saturated rings. The molecule has 0 amide bonds. The fraction of sp³-hybridized carbons (Fsp3) is 0.794. The zero-order valence-electron chi connectivity index (χ0n) is 50.7. The molecule has 0 aliphatic heterocycles. The summed E-state index contributed by atoms with van der Waals surface area (Å²) in [4.78, 5) is 58.0. The number of phosphoric ester groups is 2. The number of esters is 3. The molecule has 0 saturated carbocycles. The highest BCUT2D eigenvalue weighted by Crippen LogP contribution is 2.45. The van der Waals surface area contributed by atoms with Crippen LogP contribution in [0.25, 0.3) is 0 Å². The molecule has 0 aliphatic carbocycles. The van der Waals surface area contributed by atoms with Gasteiger partial charge in [0.2, 0.25) is 0 Å². The number of aliphatic hydroxyl groups is 2. The maximum absolute atomic E-state index is 12.8. The molecule has 0 saturated heterocycles. The molecule has 0 aliphatic rings. The summed E-state index contributed by atoms with van der Waals surface area (Å²) >= 11 is 0. The SMILES string of the molecule is CCCC/C=C\CCCCCCCC(=O)OCC(COP(=O)(O)OCC(O)COP(=O)(O)OCC(O)COC(=O)CCCCCCCCC/C=C\C/C=C\C/C=C\C/C=C\CCCCC)OC(=O)CCCCCCCCCCCCC. The summed E-state index contributed by atoms with van der Waals surface area (Å²) in [5, 5.41) is 20.5. The van der Waals surface area contributed by atoms with Gasteiger partial charge >= 0.3 is 33.6 Å². The van der Waals surface area contributed by atoms with E-state index >= 15 is 0 Å². The predicted molar refractivity (Wildman–Crippen MR) is 325 cm³/mol. The third-order valence-corrected chi connectivity index (χ3v) is 15.1. The van der Waals surface area contributed by atoms with Crippen LogP contribution in [0.2, 0.25) is 0 Å². The minimum absolute atomic E-state index is 0.108. The Morgan fingerprint density at radius 3 is 1.05 bits per heavy atom. The number of allylic oxidation sites excluding steroid dienone is 10. The van der Waals surface area contributed by atoms with Crippen molar-refractivity contribution in [1.29, 1.82) is 0 Å². The number of phosphoric acid groups is 2. The molecule has 472 valence electrons. The van der Waals surface area contributed by atoms with Gasteiger partial charge in [0.15, 0.2) is 6.10 Å². The van der Waals surface area contributed by atoms with E-state index in [9.17, 15) is 43.5 Å². The van der Waals surface area contributed by atoms with Crippen LogP contribution >= 0.6 is 15.6 Å². The normalized spacial score (nSPS) is 14.8. The summed E-state index contributed by atoms with van der Waals surface area (Å²) in [7, 11) is -9.75. The summed E-state index contributed by atoms with van der Waals surface area (Å²) in [6.07, 6.45) is 55.8. The first kappa shape index (κ1) is 78.2. The Morgan fingerprint density at radius 1 is 0.346 bits per heavy atom. The summed E-state index contributed by atoms with van der Waals surface area (Å²) in [6, 6.07) is 0. The molecule has 81 heavy (non-hydrogen) atoms. The number of carbonyl (C=O) groups is 3. The zero-order chi connectivity index (χ0) is 59.6. The predicted octanol–water partition coefficient (Wildman–Crippen LogP) is 16.6. The molecule has 0 aromatic heterocycles. The molecule has 5 atom stereocenters. The molecule has 0 aromatic rings. The van der Waals surface area contributed by atoms with E-state index in [1.165, 1.54) is 77.0 Å². The van der Waals surface area contributed by atoms with Crippen molar-refractivity contribution in [2.24, 2.45) is 0 Å². The minimum Gasteiger partial charge on any atom is -0.463 e. The molecule has 16 nitrogen and oxygen atoms in total. The van der Waals surface area contributed by atoms with Crippen molar-refractivity contribution in [3.63, 3.8) is 0 Å². The van der Waals surface area contributed by atoms with Gasteiger partial charge in [0.05, 0.1) is 26.4 Å². The largest absolute Gasteiger partial charge is 0.472 e. The van der Waals surface area contributed by atoms with Crippen molar-refractivity contribution < 1.29 is 75.8 Å². The number of hydrogen-bond donors (Lipinski definition) is 4. The van der Waals surface area contributed by atoms with Crippen LogP contribution < -0.4 is 0 Å². The molecule has 0 heterocycles. The highest BCUT2D eigenvalue weighted by Gasteiger charge is 2.29. The molecule has 5 unspecified atom stereocenters. The Kier molecular flexibility index (Phi) is 55.7. The second-order valence-electron chi connectivity index (χ2n) is 21.2. The second kappa shape index (κ2) is 57.7. The van der Waals surface area contributed by atoms with E-state index in [1.807, 2.05) is 0 Å². The van der Waals surface area contributed by atoms with Crippen LogP contribution in [0.5, 0.6) is 0 Å². The highest BCUT2D eigenvalue weighted by atomic mass is 31.2. The minimum atomic E-state index is -4.91. The fourth-order valence-corrected chi connectivity index (χ4v) is 9.88. The standard InChI is InChI=1S/C63H114O16P2/c1-4-7-10-13-16-19-22-23-24-25-26-27-28-29-30-31-32-33-36-38-40-43-46-49-61(66)73-52-58(64)53-75-80(69,70)76-54-59(65)55-77-81(71,72)78-57-60(79-63(68)51-48-45-42-39-35-21-18-15-12-9-6-3)56-74-62(67)50-47-44-41-37-34-20-17-14-11-8-5-2/h14,16-17,19,23-24,26-27,29-30,58-60,64-65H,4-13,15,18,20-22,25,28,31-57H2,1-3H3,(H,69,70)(H,71,72)/b17-14-,19-16-,24-23-,27-26-,30-29-. The van der Waals surface area contributed by atoms with E-state index in [-0.39, 0.29) is 19.3 Å². The third kappa shape index (κ3) is 58.8. The lowest BCUT2D eigenvalue weighted by molar-refractivity contribution is -0.161. The summed E-state index contributed by atoms with van der Waals surface area (Å²) in [5.41, 5.74) is 0. The fourth-order valence-electron chi connectivity index (χ4n) is 8.30. The van der Waals surface area contributed by atoms with Crippen molar-refractivity contribution in [3.05, 3.63) is 60.8 Å². The van der Waals surface area contributed by atoms with E-state index in [1.54, 1.807) is 0 Å². The van der Waals surface area contributed by atoms with Crippen molar-refractivity contribution >= 4 is 33.6 Å². The molecule has 0 radical (unpaired) electrons. The van der Waals surface area contributed by atoms with Crippen LogP contribution in [0, 0.1) is 0 Å². The number of ether oxygens (including phenoxy) is 3. The quantitative estimate of drug-likeness (QED) is 0.0146. The van der Waals surface area contributed by atoms with Crippen LogP contribution in [-0.4, -0.2) is 95.9 Å². The summed E-state index contributed by atoms with van der Waals surface area (Å²) in [5.74, 6) is -1.59. The Morgan fingerprint density at radius 2 is 0.630 bits per heavy atom. The van der Waals surface area contributed by atoms with E-state index in [2.05, 4.69) is 81.5 Å². The monoisotopic (exact) mass is 1190 g/mol. The van der Waals surface area contributed by atoms with Gasteiger partial charge in [0.1, 0.15) is 25.4 Å². The molecular weight excluding hydrogens is 1070 g/mol. The lowest BCUT2D eigenvalue weighted by Crippen LogP contribution is -2.30. The number of rotatable bonds is 60. The van der Waals surface area contributed by atoms with Crippen molar-refractivity contribution in [2.45, 2.75) is 283 Å². The Labute approximate surface area is 490 Å². The molecule has 0 rings (SSSR count). The van der Waals surface area contributed by atoms with E-state index in [0.717, 1.165) is 128 Å². The Balaban J connectivity index is 4.49. The number of unbranched alkanes of at least 4 members (excludes halogenated alkanes) is 27. The average molecular weight is 1190 g/mol. The van der Waals surface area contributed by atoms with Crippen molar-refractivity contribution in [2.75, 3.05) is 39.6 Å². The van der Waals surface area contributed by atoms with Gasteiger partial charge in [-0.2, -0.15) is 0 Å². The second-order valence-corrected chi connectivity index (χ2v) is 24.1. The Bertz CT molecular complexity index is 1730. The Hall–Kier alpha value is -2.75. The lowest BCUT2D eigenvalue weighted by Gasteiger charge is -2.21. The van der Waals surface area contributed by atoms with Gasteiger partial charge in [-0.15, -0.1) is 0 Å². The maximum Gasteiger partial charge on any atom is 0.472 e. The molecule has 0 bridgehead atoms. The summed E-state index contributed by atoms with van der Waals surface area (Å²) in [6.45, 7) is 2.56. The van der Waals surface area contributed by atoms with E-state index < -0.39 is 91.5 Å². The van der Waals surface area contributed by atoms with Gasteiger partial charge < -0.3 is 34.2 Å². The van der Waals surface area contributed by atoms with Gasteiger partial charge in [0, 0.05) is 19.3 Å². The third-order valence-electron chi connectivity index (χ3n) is 13.2. The molecule has 0 spiro atoms. The first-order valence-electron chi connectivity index (χ1n) is 31.6. The molecule has 18 heteroatoms. The van der Waals surface area contributed by atoms with Crippen LogP contribution in [-0.2, 0) is 55.8 Å². The van der Waals surface area contributed by atoms with Gasteiger partial charge in [0.25, 0.3) is 0 Å². The topological polar surface area (TPSA) is 231 Å². The first-order chi connectivity index (χ1) is 39.2. The van der Waals surface area contributed by atoms with E-state index in [4.69, 9.17) is 32.3 Å². The van der Waals surface area contributed by atoms with Gasteiger partial charge in [-0.25, -0.2) is 9.13 Å². The highest BCUT2D eigenvalue weighted by molar-refractivity contribution is 7.47. The van der Waals surface area contributed by atoms with E-state index in [0.29, 0.717) is 19.3 Å². The van der Waals surface area contributed by atoms with Crippen LogP contribution in [0.1, 0.15) is 265 Å². The zero-order valence-corrected chi connectivity index (χ0v) is 52.5. The average Bonchev–Trinajstić information content (AvgIpc) is 3.45. The van der Waals surface area contributed by atoms with Crippen LogP contribution in [0.4, 0.5) is 0 Å². The number of hydrogen-bond acceptors (Lipinski definition) is 14. The van der Waals surface area contributed by atoms with Gasteiger partial charge in [-0.1, -0.05) is 223 Å². The number of aliphatic hydroxyl groups excluding tert-OH is 2. The smallest absolute Gasteiger partial charge is 0.463 e.